The van der Waals surface area contributed by atoms with Gasteiger partial charge in [0.05, 0.1) is 0 Å². The first kappa shape index (κ1) is 20.2. The van der Waals surface area contributed by atoms with E-state index in [1.807, 2.05) is 57.2 Å². The van der Waals surface area contributed by atoms with Crippen LogP contribution in [0.3, 0.4) is 0 Å². The predicted octanol–water partition coefficient (Wildman–Crippen LogP) is 4.04. The molecule has 3 N–H and O–H groups in total. The predicted molar refractivity (Wildman–Crippen MR) is 105 cm³/mol. The second kappa shape index (κ2) is 10.8. The van der Waals surface area contributed by atoms with Crippen LogP contribution in [0.4, 0.5) is 0 Å². The summed E-state index contributed by atoms with van der Waals surface area (Å²) in [5.41, 5.74) is 6.51. The van der Waals surface area contributed by atoms with Crippen molar-refractivity contribution in [2.24, 2.45) is 5.73 Å². The Morgan fingerprint density at radius 1 is 1.21 bits per heavy atom. The molecule has 0 aliphatic carbocycles. The van der Waals surface area contributed by atoms with E-state index < -0.39 is 0 Å². The fraction of sp³-hybridized carbons (Fsp3) is 0.316. The lowest BCUT2D eigenvalue weighted by Crippen LogP contribution is -2.16. The van der Waals surface area contributed by atoms with Gasteiger partial charge >= 0.3 is 5.97 Å². The topological polar surface area (TPSA) is 64.3 Å². The summed E-state index contributed by atoms with van der Waals surface area (Å²) in [7, 11) is 0. The lowest BCUT2D eigenvalue weighted by atomic mass is 10.0. The molecule has 1 unspecified atom stereocenters. The Kier molecular flexibility index (Phi) is 9.12. The highest BCUT2D eigenvalue weighted by atomic mass is 79.9. The van der Waals surface area contributed by atoms with E-state index in [1.165, 1.54) is 0 Å². The highest BCUT2D eigenvalue weighted by molar-refractivity contribution is 9.09. The van der Waals surface area contributed by atoms with E-state index in [9.17, 15) is 4.79 Å². The molecule has 1 aliphatic heterocycles. The van der Waals surface area contributed by atoms with Crippen molar-refractivity contribution in [2.45, 2.75) is 27.0 Å². The van der Waals surface area contributed by atoms with E-state index in [2.05, 4.69) is 33.4 Å². The molecule has 24 heavy (non-hydrogen) atoms. The number of nitrogens with two attached hydrogens (primary N) is 1. The maximum atomic E-state index is 11.6. The van der Waals surface area contributed by atoms with E-state index in [1.54, 1.807) is 0 Å². The van der Waals surface area contributed by atoms with Gasteiger partial charge in [-0.15, -0.1) is 0 Å². The summed E-state index contributed by atoms with van der Waals surface area (Å²) in [6.45, 7) is 6.54. The number of carbonyl (C=O) groups is 1. The molecule has 130 valence electrons. The molecule has 3 rings (SSSR count). The Morgan fingerprint density at radius 3 is 2.42 bits per heavy atom. The molecule has 1 aliphatic rings. The van der Waals surface area contributed by atoms with Crippen molar-refractivity contribution < 1.29 is 9.53 Å². The molecule has 0 radical (unpaired) electrons. The van der Waals surface area contributed by atoms with Crippen LogP contribution in [0.25, 0.3) is 16.8 Å². The third-order valence-corrected chi connectivity index (χ3v) is 3.55. The van der Waals surface area contributed by atoms with Gasteiger partial charge in [-0.2, -0.15) is 0 Å². The van der Waals surface area contributed by atoms with Crippen LogP contribution in [0.1, 0.15) is 26.3 Å². The van der Waals surface area contributed by atoms with Gasteiger partial charge in [0.15, 0.2) is 6.23 Å². The number of carbonyl (C=O) groups excluding carboxylic acids is 1. The molecule has 4 nitrogen and oxygen atoms in total. The Labute approximate surface area is 152 Å². The minimum atomic E-state index is -0.296. The largest absolute Gasteiger partial charge is 0.437 e. The smallest absolute Gasteiger partial charge is 0.356 e. The summed E-state index contributed by atoms with van der Waals surface area (Å²) in [5, 5.41) is 6.20. The van der Waals surface area contributed by atoms with Crippen molar-refractivity contribution in [1.82, 2.24) is 5.32 Å². The van der Waals surface area contributed by atoms with Crippen molar-refractivity contribution in [3.8, 4) is 0 Å². The second-order valence-corrected chi connectivity index (χ2v) is 5.59. The fourth-order valence-electron chi connectivity index (χ4n) is 2.16. The van der Waals surface area contributed by atoms with Gasteiger partial charge in [-0.05, 0) is 29.3 Å². The molecule has 0 saturated carbocycles. The number of ether oxygens (including phenoxy) is 1. The Hall–Kier alpha value is -1.85. The van der Waals surface area contributed by atoms with Crippen LogP contribution < -0.4 is 11.1 Å². The molecule has 1 heterocycles. The minimum Gasteiger partial charge on any atom is -0.437 e. The Balaban J connectivity index is 0.000000423. The number of halogens is 1. The van der Waals surface area contributed by atoms with Gasteiger partial charge in [0.2, 0.25) is 0 Å². The summed E-state index contributed by atoms with van der Waals surface area (Å²) in [6.07, 6.45) is 1.59. The Bertz CT molecular complexity index is 679. The zero-order chi connectivity index (χ0) is 17.9. The zero-order valence-electron chi connectivity index (χ0n) is 14.4. The van der Waals surface area contributed by atoms with Gasteiger partial charge in [0, 0.05) is 11.9 Å². The number of hydrogen-bond acceptors (Lipinski definition) is 4. The van der Waals surface area contributed by atoms with Gasteiger partial charge in [-0.25, -0.2) is 4.79 Å². The average Bonchev–Trinajstić information content (AvgIpc) is 2.94. The van der Waals surface area contributed by atoms with Crippen molar-refractivity contribution in [3.63, 3.8) is 0 Å². The number of nitrogens with one attached hydrogen (secondary N) is 1. The quantitative estimate of drug-likeness (QED) is 0.459. The SMILES string of the molecule is CC.CC1N/C(=C\c2cccc3ccccc23)C(=O)O1.NCCBr. The summed E-state index contributed by atoms with van der Waals surface area (Å²) < 4.78 is 5.04. The molecular weight excluding hydrogens is 368 g/mol. The number of esters is 1. The highest BCUT2D eigenvalue weighted by Crippen LogP contribution is 2.22. The van der Waals surface area contributed by atoms with Gasteiger partial charge in [-0.3, -0.25) is 0 Å². The van der Waals surface area contributed by atoms with E-state index in [4.69, 9.17) is 10.5 Å². The van der Waals surface area contributed by atoms with E-state index in [-0.39, 0.29) is 12.2 Å². The third-order valence-electron chi connectivity index (χ3n) is 3.09. The van der Waals surface area contributed by atoms with Crippen LogP contribution in [0.15, 0.2) is 48.2 Å². The van der Waals surface area contributed by atoms with Crippen molar-refractivity contribution in [2.75, 3.05) is 11.9 Å². The van der Waals surface area contributed by atoms with Crippen LogP contribution in [0.5, 0.6) is 0 Å². The molecule has 0 bridgehead atoms. The van der Waals surface area contributed by atoms with Gasteiger partial charge < -0.3 is 15.8 Å². The molecule has 5 heteroatoms. The monoisotopic (exact) mass is 392 g/mol. The first-order chi connectivity index (χ1) is 11.7. The highest BCUT2D eigenvalue weighted by Gasteiger charge is 2.24. The summed E-state index contributed by atoms with van der Waals surface area (Å²) in [5.74, 6) is -0.296. The molecule has 2 aromatic carbocycles. The first-order valence-corrected chi connectivity index (χ1v) is 9.21. The number of fused-ring (bicyclic) bond motifs is 1. The lowest BCUT2D eigenvalue weighted by molar-refractivity contribution is -0.138. The van der Waals surface area contributed by atoms with Crippen molar-refractivity contribution in [3.05, 3.63) is 53.7 Å². The molecule has 1 saturated heterocycles. The van der Waals surface area contributed by atoms with Crippen molar-refractivity contribution in [1.29, 1.82) is 0 Å². The number of benzene rings is 2. The number of alkyl halides is 1. The molecular formula is C19H25BrN2O2. The molecule has 0 amide bonds. The third kappa shape index (κ3) is 5.65. The van der Waals surface area contributed by atoms with E-state index in [0.29, 0.717) is 5.70 Å². The van der Waals surface area contributed by atoms with Crippen molar-refractivity contribution >= 4 is 38.7 Å². The maximum Gasteiger partial charge on any atom is 0.356 e. The van der Waals surface area contributed by atoms with E-state index >= 15 is 0 Å². The van der Waals surface area contributed by atoms with Crippen LogP contribution in [-0.4, -0.2) is 24.1 Å². The molecule has 1 atom stereocenters. The van der Waals surface area contributed by atoms with Gasteiger partial charge in [-0.1, -0.05) is 72.2 Å². The molecule has 0 aromatic heterocycles. The molecule has 2 aromatic rings. The van der Waals surface area contributed by atoms with Crippen LogP contribution in [-0.2, 0) is 9.53 Å². The summed E-state index contributed by atoms with van der Waals surface area (Å²) >= 11 is 3.12. The van der Waals surface area contributed by atoms with Crippen LogP contribution >= 0.6 is 15.9 Å². The van der Waals surface area contributed by atoms with Gasteiger partial charge in [0.1, 0.15) is 5.70 Å². The Morgan fingerprint density at radius 2 is 1.83 bits per heavy atom. The zero-order valence-corrected chi connectivity index (χ0v) is 16.0. The second-order valence-electron chi connectivity index (χ2n) is 4.80. The number of hydrogen-bond donors (Lipinski definition) is 2. The molecule has 1 fully saturated rings. The van der Waals surface area contributed by atoms with Crippen LogP contribution in [0, 0.1) is 0 Å². The fourth-order valence-corrected chi connectivity index (χ4v) is 2.16. The van der Waals surface area contributed by atoms with E-state index in [0.717, 1.165) is 28.2 Å². The molecule has 0 spiro atoms. The number of cyclic esters (lactones) is 1. The normalized spacial score (nSPS) is 17.3. The standard InChI is InChI=1S/C15H13NO2.C2H6BrN.C2H6/c1-10-16-14(15(17)18-10)9-12-7-4-6-11-5-2-3-8-13(11)12;3-1-2-4;1-2/h2-10,16H,1H3;1-2,4H2;1-2H3/b14-9-;;. The van der Waals surface area contributed by atoms with Gasteiger partial charge in [0.25, 0.3) is 0 Å². The minimum absolute atomic E-state index is 0.251. The summed E-state index contributed by atoms with van der Waals surface area (Å²) in [6, 6.07) is 14.1. The summed E-state index contributed by atoms with van der Waals surface area (Å²) in [4.78, 5) is 11.6. The van der Waals surface area contributed by atoms with Crippen LogP contribution in [0.2, 0.25) is 0 Å². The lowest BCUT2D eigenvalue weighted by Gasteiger charge is -2.03. The maximum absolute atomic E-state index is 11.6. The number of rotatable bonds is 2. The average molecular weight is 393 g/mol. The first-order valence-electron chi connectivity index (χ1n) is 8.08.